The molecule has 0 radical (unpaired) electrons. The normalized spacial score (nSPS) is 10.4. The van der Waals surface area contributed by atoms with Gasteiger partial charge in [-0.15, -0.1) is 0 Å². The average molecular weight is 389 g/mol. The Balaban J connectivity index is 1.89. The van der Waals surface area contributed by atoms with Gasteiger partial charge in [0.05, 0.1) is 0 Å². The topological polar surface area (TPSA) is 72.5 Å². The lowest BCUT2D eigenvalue weighted by Gasteiger charge is -2.08. The number of anilines is 1. The summed E-state index contributed by atoms with van der Waals surface area (Å²) in [4.78, 5) is 35.7. The molecule has 0 aliphatic rings. The molecule has 1 amide bonds. The molecule has 2 aromatic rings. The number of esters is 1. The maximum Gasteiger partial charge on any atom is 0.344 e. The Bertz CT molecular complexity index is 830. The van der Waals surface area contributed by atoms with Gasteiger partial charge >= 0.3 is 5.97 Å². The number of rotatable bonds is 9. The lowest BCUT2D eigenvalue weighted by molar-refractivity contribution is -0.116. The van der Waals surface area contributed by atoms with Crippen molar-refractivity contribution in [3.63, 3.8) is 0 Å². The van der Waals surface area contributed by atoms with Crippen LogP contribution in [0.1, 0.15) is 53.3 Å². The molecule has 7 heteroatoms. The fraction of sp³-hybridized carbons (Fsp3) is 0.286. The van der Waals surface area contributed by atoms with E-state index in [0.29, 0.717) is 12.1 Å². The zero-order valence-electron chi connectivity index (χ0n) is 15.5. The molecule has 0 fully saturated rings. The quantitative estimate of drug-likeness (QED) is 0.389. The number of hydrogen-bond acceptors (Lipinski definition) is 4. The first-order chi connectivity index (χ1) is 13.4. The molecule has 28 heavy (non-hydrogen) atoms. The first kappa shape index (κ1) is 21.2. The highest BCUT2D eigenvalue weighted by Crippen LogP contribution is 2.15. The molecule has 1 N–H and O–H groups in total. The third kappa shape index (κ3) is 5.97. The molecule has 0 atom stereocenters. The third-order valence-corrected chi connectivity index (χ3v) is 4.00. The van der Waals surface area contributed by atoms with Crippen LogP contribution in [-0.4, -0.2) is 24.3 Å². The van der Waals surface area contributed by atoms with Crippen LogP contribution in [0.25, 0.3) is 0 Å². The smallest absolute Gasteiger partial charge is 0.344 e. The Morgan fingerprint density at radius 1 is 0.964 bits per heavy atom. The fourth-order valence-corrected chi connectivity index (χ4v) is 2.48. The fourth-order valence-electron chi connectivity index (χ4n) is 2.48. The average Bonchev–Trinajstić information content (AvgIpc) is 2.66. The molecule has 2 aromatic carbocycles. The van der Waals surface area contributed by atoms with Gasteiger partial charge in [-0.2, -0.15) is 0 Å². The van der Waals surface area contributed by atoms with Gasteiger partial charge in [-0.25, -0.2) is 13.6 Å². The van der Waals surface area contributed by atoms with Crippen molar-refractivity contribution in [2.45, 2.75) is 32.6 Å². The zero-order valence-corrected chi connectivity index (χ0v) is 15.5. The summed E-state index contributed by atoms with van der Waals surface area (Å²) in [6.07, 6.45) is 3.25. The number of ether oxygens (including phenoxy) is 1. The van der Waals surface area contributed by atoms with Gasteiger partial charge in [-0.3, -0.25) is 9.59 Å². The maximum atomic E-state index is 13.5. The largest absolute Gasteiger partial charge is 0.454 e. The molecular formula is C21H21F2NO4. The minimum Gasteiger partial charge on any atom is -0.454 e. The zero-order chi connectivity index (χ0) is 20.5. The van der Waals surface area contributed by atoms with Gasteiger partial charge in [0.1, 0.15) is 17.2 Å². The molecule has 0 aromatic heterocycles. The van der Waals surface area contributed by atoms with Crippen molar-refractivity contribution >= 4 is 23.3 Å². The number of hydrogen-bond donors (Lipinski definition) is 1. The van der Waals surface area contributed by atoms with Gasteiger partial charge in [0.15, 0.2) is 12.4 Å². The third-order valence-electron chi connectivity index (χ3n) is 4.00. The van der Waals surface area contributed by atoms with Crippen molar-refractivity contribution in [3.8, 4) is 0 Å². The van der Waals surface area contributed by atoms with Crippen molar-refractivity contribution in [3.05, 3.63) is 65.2 Å². The molecule has 0 saturated carbocycles. The van der Waals surface area contributed by atoms with Crippen LogP contribution in [0, 0.1) is 11.6 Å². The molecule has 0 bridgehead atoms. The Labute approximate surface area is 161 Å². The van der Waals surface area contributed by atoms with E-state index in [-0.39, 0.29) is 11.5 Å². The molecule has 0 aliphatic heterocycles. The number of Topliss-reactive ketones (excluding diaryl/α,β-unsaturated/α-hetero) is 1. The molecular weight excluding hydrogens is 368 g/mol. The molecule has 0 unspecified atom stereocenters. The van der Waals surface area contributed by atoms with Gasteiger partial charge in [0.2, 0.25) is 5.91 Å². The first-order valence-electron chi connectivity index (χ1n) is 8.96. The minimum atomic E-state index is -1.25. The van der Waals surface area contributed by atoms with Crippen molar-refractivity contribution in [1.82, 2.24) is 0 Å². The number of carbonyl (C=O) groups is 3. The monoisotopic (exact) mass is 389 g/mol. The van der Waals surface area contributed by atoms with E-state index >= 15 is 0 Å². The van der Waals surface area contributed by atoms with E-state index < -0.39 is 35.6 Å². The van der Waals surface area contributed by atoms with Gasteiger partial charge in [0, 0.05) is 17.7 Å². The van der Waals surface area contributed by atoms with E-state index in [1.807, 2.05) is 0 Å². The van der Waals surface area contributed by atoms with Crippen LogP contribution < -0.4 is 5.32 Å². The van der Waals surface area contributed by atoms with Crippen molar-refractivity contribution in [2.75, 3.05) is 11.9 Å². The summed E-state index contributed by atoms with van der Waals surface area (Å²) in [5.41, 5.74) is -0.0503. The van der Waals surface area contributed by atoms with Gasteiger partial charge < -0.3 is 10.1 Å². The molecule has 0 spiro atoms. The summed E-state index contributed by atoms with van der Waals surface area (Å²) in [5.74, 6) is -4.01. The van der Waals surface area contributed by atoms with Crippen LogP contribution in [0.4, 0.5) is 14.5 Å². The Kier molecular flexibility index (Phi) is 7.80. The van der Waals surface area contributed by atoms with E-state index in [0.717, 1.165) is 37.5 Å². The summed E-state index contributed by atoms with van der Waals surface area (Å²) in [5, 5.41) is 2.73. The number of nitrogens with one attached hydrogen (secondary N) is 1. The highest BCUT2D eigenvalue weighted by atomic mass is 19.1. The van der Waals surface area contributed by atoms with Crippen molar-refractivity contribution in [1.29, 1.82) is 0 Å². The number of ketones is 1. The molecule has 0 saturated heterocycles. The molecule has 0 heterocycles. The van der Waals surface area contributed by atoms with Crippen LogP contribution >= 0.6 is 0 Å². The molecule has 5 nitrogen and oxygen atoms in total. The number of carbonyl (C=O) groups excluding carboxylic acids is 3. The summed E-state index contributed by atoms with van der Waals surface area (Å²) in [6, 6.07) is 9.04. The van der Waals surface area contributed by atoms with Crippen molar-refractivity contribution in [2.24, 2.45) is 0 Å². The summed E-state index contributed by atoms with van der Waals surface area (Å²) < 4.78 is 31.8. The molecule has 0 aliphatic carbocycles. The van der Waals surface area contributed by atoms with Crippen LogP contribution in [0.3, 0.4) is 0 Å². The Morgan fingerprint density at radius 2 is 1.61 bits per heavy atom. The van der Waals surface area contributed by atoms with Crippen LogP contribution in [0.5, 0.6) is 0 Å². The lowest BCUT2D eigenvalue weighted by atomic mass is 10.1. The molecule has 2 rings (SSSR count). The first-order valence-corrected chi connectivity index (χ1v) is 8.96. The van der Waals surface area contributed by atoms with E-state index in [1.54, 1.807) is 12.1 Å². The second-order valence-electron chi connectivity index (χ2n) is 6.18. The van der Waals surface area contributed by atoms with Gasteiger partial charge in [-0.1, -0.05) is 25.8 Å². The number of unbranched alkanes of at least 4 members (excludes halogenated alkanes) is 2. The standard InChI is InChI=1S/C21H21F2NO4/c1-2-3-4-8-19(26)24-15-11-9-14(10-12-15)18(25)13-28-21(27)20-16(22)6-5-7-17(20)23/h5-7,9-12H,2-4,8,13H2,1H3,(H,24,26). The SMILES string of the molecule is CCCCCC(=O)Nc1ccc(C(=O)COC(=O)c2c(F)cccc2F)cc1. The van der Waals surface area contributed by atoms with E-state index in [9.17, 15) is 23.2 Å². The predicted octanol–water partition coefficient (Wildman–Crippen LogP) is 4.52. The summed E-state index contributed by atoms with van der Waals surface area (Å²) in [6.45, 7) is 1.40. The Morgan fingerprint density at radius 3 is 2.21 bits per heavy atom. The highest BCUT2D eigenvalue weighted by Gasteiger charge is 2.20. The maximum absolute atomic E-state index is 13.5. The second-order valence-corrected chi connectivity index (χ2v) is 6.18. The number of halogens is 2. The number of amides is 1. The van der Waals surface area contributed by atoms with E-state index in [1.165, 1.54) is 12.1 Å². The molecule has 148 valence electrons. The Hall–Kier alpha value is -3.09. The lowest BCUT2D eigenvalue weighted by Crippen LogP contribution is -2.16. The van der Waals surface area contributed by atoms with Crippen LogP contribution in [0.15, 0.2) is 42.5 Å². The predicted molar refractivity (Wildman–Crippen MR) is 100 cm³/mol. The summed E-state index contributed by atoms with van der Waals surface area (Å²) >= 11 is 0. The van der Waals surface area contributed by atoms with Crippen LogP contribution in [0.2, 0.25) is 0 Å². The highest BCUT2D eigenvalue weighted by molar-refractivity contribution is 6.00. The summed E-state index contributed by atoms with van der Waals surface area (Å²) in [7, 11) is 0. The van der Waals surface area contributed by atoms with Gasteiger partial charge in [-0.05, 0) is 42.8 Å². The van der Waals surface area contributed by atoms with Crippen LogP contribution in [-0.2, 0) is 9.53 Å². The second kappa shape index (κ2) is 10.3. The van der Waals surface area contributed by atoms with Gasteiger partial charge in [0.25, 0.3) is 0 Å². The minimum absolute atomic E-state index is 0.103. The van der Waals surface area contributed by atoms with Crippen molar-refractivity contribution < 1.29 is 27.9 Å². The van der Waals surface area contributed by atoms with E-state index in [4.69, 9.17) is 4.74 Å². The van der Waals surface area contributed by atoms with E-state index in [2.05, 4.69) is 12.2 Å². The number of benzene rings is 2.